The lowest BCUT2D eigenvalue weighted by Gasteiger charge is -2.18. The van der Waals surface area contributed by atoms with Crippen molar-refractivity contribution >= 4 is 48.1 Å². The van der Waals surface area contributed by atoms with Crippen molar-refractivity contribution in [3.63, 3.8) is 0 Å². The van der Waals surface area contributed by atoms with Crippen molar-refractivity contribution in [3.05, 3.63) is 23.8 Å². The molecule has 0 radical (unpaired) electrons. The smallest absolute Gasteiger partial charge is 0.293 e. The van der Waals surface area contributed by atoms with Crippen LogP contribution in [-0.4, -0.2) is 57.9 Å². The Labute approximate surface area is 180 Å². The Morgan fingerprint density at radius 3 is 2.43 bits per heavy atom. The highest BCUT2D eigenvalue weighted by Gasteiger charge is 2.35. The van der Waals surface area contributed by atoms with Gasteiger partial charge in [-0.05, 0) is 30.2 Å². The Bertz CT molecular complexity index is 1200. The van der Waals surface area contributed by atoms with Crippen LogP contribution in [0.15, 0.2) is 27.4 Å². The fourth-order valence-electron chi connectivity index (χ4n) is 2.71. The third-order valence-corrected chi connectivity index (χ3v) is 9.31. The Morgan fingerprint density at radius 2 is 1.83 bits per heavy atom. The highest BCUT2D eigenvalue weighted by Crippen LogP contribution is 2.36. The highest BCUT2D eigenvalue weighted by molar-refractivity contribution is 7.94. The summed E-state index contributed by atoms with van der Waals surface area (Å²) in [5, 5.41) is 10.2. The van der Waals surface area contributed by atoms with Crippen molar-refractivity contribution in [2.75, 3.05) is 30.3 Å². The normalized spacial score (nSPS) is 14.8. The summed E-state index contributed by atoms with van der Waals surface area (Å²) >= 11 is 0.771. The van der Waals surface area contributed by atoms with E-state index in [9.17, 15) is 21.6 Å². The first-order valence-corrected chi connectivity index (χ1v) is 12.7. The zero-order chi connectivity index (χ0) is 22.5. The first-order chi connectivity index (χ1) is 13.7. The second-order valence-electron chi connectivity index (χ2n) is 7.98. The second kappa shape index (κ2) is 7.55. The van der Waals surface area contributed by atoms with Crippen LogP contribution in [-0.2, 0) is 31.3 Å². The summed E-state index contributed by atoms with van der Waals surface area (Å²) in [7, 11) is -4.75. The molecule has 1 aromatic heterocycles. The number of aromatic nitrogens is 2. The van der Waals surface area contributed by atoms with Crippen LogP contribution in [0.3, 0.4) is 0 Å². The average molecular weight is 474 g/mol. The first-order valence-electron chi connectivity index (χ1n) is 8.98. The molecule has 1 N–H and O–H groups in total. The second-order valence-corrected chi connectivity index (χ2v) is 13.1. The van der Waals surface area contributed by atoms with Crippen molar-refractivity contribution in [2.24, 2.45) is 5.41 Å². The minimum absolute atomic E-state index is 0.0975. The van der Waals surface area contributed by atoms with E-state index in [1.807, 2.05) is 0 Å². The van der Waals surface area contributed by atoms with Crippen LogP contribution in [0.5, 0.6) is 0 Å². The van der Waals surface area contributed by atoms with E-state index in [2.05, 4.69) is 15.5 Å². The number of sulfonamides is 2. The van der Waals surface area contributed by atoms with Crippen molar-refractivity contribution in [3.8, 4) is 0 Å². The van der Waals surface area contributed by atoms with E-state index in [0.717, 1.165) is 15.6 Å². The molecule has 1 aliphatic heterocycles. The molecule has 3 rings (SSSR count). The van der Waals surface area contributed by atoms with E-state index >= 15 is 0 Å². The van der Waals surface area contributed by atoms with E-state index in [1.165, 1.54) is 36.6 Å². The van der Waals surface area contributed by atoms with Crippen LogP contribution in [0.4, 0.5) is 10.8 Å². The molecule has 1 aliphatic rings. The van der Waals surface area contributed by atoms with Gasteiger partial charge in [-0.1, -0.05) is 32.1 Å². The molecule has 30 heavy (non-hydrogen) atoms. The minimum atomic E-state index is -4.00. The molecule has 0 atom stereocenters. The number of rotatable bonds is 5. The molecule has 0 aliphatic carbocycles. The van der Waals surface area contributed by atoms with Crippen LogP contribution >= 0.6 is 11.3 Å². The number of hydrogen-bond donors (Lipinski definition) is 1. The van der Waals surface area contributed by atoms with Crippen LogP contribution in [0.2, 0.25) is 0 Å². The number of carbonyl (C=O) groups is 1. The molecule has 0 spiro atoms. The van der Waals surface area contributed by atoms with Crippen molar-refractivity contribution in [1.82, 2.24) is 14.5 Å². The lowest BCUT2D eigenvalue weighted by Crippen LogP contribution is -2.29. The zero-order valence-corrected chi connectivity index (χ0v) is 19.7. The Hall–Kier alpha value is -2.09. The summed E-state index contributed by atoms with van der Waals surface area (Å²) in [6.45, 7) is 5.35. The Morgan fingerprint density at radius 1 is 1.17 bits per heavy atom. The van der Waals surface area contributed by atoms with E-state index < -0.39 is 25.5 Å². The molecular formula is C17H23N5O5S3. The lowest BCUT2D eigenvalue weighted by atomic mass is 9.96. The SMILES string of the molecule is CN(C)S(=O)(=O)c1ccc2c(c1)CCN2S(=O)(=O)c1nnc(NC(=O)C(C)(C)C)s1. The number of hydrogen-bond acceptors (Lipinski definition) is 8. The van der Waals surface area contributed by atoms with Crippen LogP contribution in [0, 0.1) is 5.41 Å². The number of carbonyl (C=O) groups excluding carboxylic acids is 1. The van der Waals surface area contributed by atoms with Gasteiger partial charge in [0.2, 0.25) is 21.1 Å². The summed E-state index contributed by atoms with van der Waals surface area (Å²) in [6, 6.07) is 4.37. The van der Waals surface area contributed by atoms with Gasteiger partial charge in [0.25, 0.3) is 14.4 Å². The van der Waals surface area contributed by atoms with E-state index in [1.54, 1.807) is 20.8 Å². The van der Waals surface area contributed by atoms with Gasteiger partial charge in [0.15, 0.2) is 0 Å². The van der Waals surface area contributed by atoms with Gasteiger partial charge in [-0.25, -0.2) is 12.7 Å². The van der Waals surface area contributed by atoms with Crippen molar-refractivity contribution < 1.29 is 21.6 Å². The number of fused-ring (bicyclic) bond motifs is 1. The molecule has 13 heteroatoms. The predicted molar refractivity (Wildman–Crippen MR) is 114 cm³/mol. The van der Waals surface area contributed by atoms with Gasteiger partial charge >= 0.3 is 0 Å². The van der Waals surface area contributed by atoms with E-state index in [-0.39, 0.29) is 26.8 Å². The Balaban J connectivity index is 1.89. The fraction of sp³-hybridized carbons (Fsp3) is 0.471. The molecule has 164 valence electrons. The quantitative estimate of drug-likeness (QED) is 0.652. The third-order valence-electron chi connectivity index (χ3n) is 4.50. The molecule has 0 saturated heterocycles. The minimum Gasteiger partial charge on any atom is -0.300 e. The largest absolute Gasteiger partial charge is 0.300 e. The zero-order valence-electron chi connectivity index (χ0n) is 17.2. The molecule has 0 saturated carbocycles. The molecular weight excluding hydrogens is 450 g/mol. The summed E-state index contributed by atoms with van der Waals surface area (Å²) in [5.74, 6) is -0.302. The van der Waals surface area contributed by atoms with Gasteiger partial charge in [-0.15, -0.1) is 10.2 Å². The van der Waals surface area contributed by atoms with E-state index in [4.69, 9.17) is 0 Å². The van der Waals surface area contributed by atoms with Gasteiger partial charge in [0.1, 0.15) is 0 Å². The van der Waals surface area contributed by atoms with E-state index in [0.29, 0.717) is 17.7 Å². The monoisotopic (exact) mass is 473 g/mol. The van der Waals surface area contributed by atoms with Crippen molar-refractivity contribution in [1.29, 1.82) is 0 Å². The first kappa shape index (κ1) is 22.6. The Kier molecular flexibility index (Phi) is 5.69. The van der Waals surface area contributed by atoms with Crippen LogP contribution < -0.4 is 9.62 Å². The number of nitrogens with one attached hydrogen (secondary N) is 1. The molecule has 1 aromatic carbocycles. The maximum Gasteiger partial charge on any atom is 0.293 e. The third kappa shape index (κ3) is 4.06. The molecule has 0 fully saturated rings. The molecule has 1 amide bonds. The summed E-state index contributed by atoms with van der Waals surface area (Å²) in [6.07, 6.45) is 0.373. The topological polar surface area (TPSA) is 130 Å². The van der Waals surface area contributed by atoms with Gasteiger partial charge in [-0.3, -0.25) is 9.10 Å². The lowest BCUT2D eigenvalue weighted by molar-refractivity contribution is -0.123. The average Bonchev–Trinajstić information content (AvgIpc) is 3.27. The number of amides is 1. The molecule has 2 heterocycles. The molecule has 2 aromatic rings. The van der Waals surface area contributed by atoms with Crippen LogP contribution in [0.1, 0.15) is 26.3 Å². The number of benzene rings is 1. The number of nitrogens with zero attached hydrogens (tertiary/aromatic N) is 4. The maximum atomic E-state index is 13.1. The summed E-state index contributed by atoms with van der Waals surface area (Å²) in [5.41, 5.74) is 0.360. The van der Waals surface area contributed by atoms with Gasteiger partial charge in [0.05, 0.1) is 10.6 Å². The maximum absolute atomic E-state index is 13.1. The standard InChI is InChI=1S/C17H23N5O5S3/c1-17(2,3)14(23)18-15-19-20-16(28-15)30(26,27)22-9-8-11-10-12(6-7-13(11)22)29(24,25)21(4)5/h6-7,10H,8-9H2,1-5H3,(H,18,19,23). The summed E-state index contributed by atoms with van der Waals surface area (Å²) in [4.78, 5) is 12.2. The number of anilines is 2. The molecule has 0 unspecified atom stereocenters. The van der Waals surface area contributed by atoms with Crippen LogP contribution in [0.25, 0.3) is 0 Å². The fourth-order valence-corrected chi connectivity index (χ4v) is 6.17. The summed E-state index contributed by atoms with van der Waals surface area (Å²) < 4.78 is 52.9. The molecule has 0 bridgehead atoms. The van der Waals surface area contributed by atoms with Crippen molar-refractivity contribution in [2.45, 2.75) is 36.4 Å². The molecule has 10 nitrogen and oxygen atoms in total. The van der Waals surface area contributed by atoms with Gasteiger partial charge in [0, 0.05) is 26.1 Å². The highest BCUT2D eigenvalue weighted by atomic mass is 32.2. The van der Waals surface area contributed by atoms with Gasteiger partial charge < -0.3 is 5.32 Å². The predicted octanol–water partition coefficient (Wildman–Crippen LogP) is 1.52. The van der Waals surface area contributed by atoms with Gasteiger partial charge in [-0.2, -0.15) is 8.42 Å².